The number of carbonyl (C=O) groups is 2. The van der Waals surface area contributed by atoms with Crippen molar-refractivity contribution in [2.45, 2.75) is 12.8 Å². The molecule has 0 radical (unpaired) electrons. The molecule has 0 saturated heterocycles. The quantitative estimate of drug-likeness (QED) is 0.438. The predicted octanol–water partition coefficient (Wildman–Crippen LogP) is 0.226. The average molecular weight is 349 g/mol. The summed E-state index contributed by atoms with van der Waals surface area (Å²) in [5.74, 6) is 0.213. The van der Waals surface area contributed by atoms with Gasteiger partial charge in [-0.3, -0.25) is 9.59 Å². The van der Waals surface area contributed by atoms with Crippen LogP contribution in [0.25, 0.3) is 5.78 Å². The van der Waals surface area contributed by atoms with E-state index in [1.807, 2.05) is 5.38 Å². The third-order valence-electron chi connectivity index (χ3n) is 2.78. The zero-order valence-electron chi connectivity index (χ0n) is 12.5. The number of aromatic nitrogens is 5. The van der Waals surface area contributed by atoms with Gasteiger partial charge in [0, 0.05) is 24.3 Å². The lowest BCUT2D eigenvalue weighted by atomic mass is 10.2. The molecule has 0 spiro atoms. The van der Waals surface area contributed by atoms with E-state index in [1.54, 1.807) is 18.5 Å². The fraction of sp³-hybridized carbons (Fsp3) is 0.231. The minimum absolute atomic E-state index is 0.117. The van der Waals surface area contributed by atoms with Crippen LogP contribution in [-0.2, 0) is 11.2 Å². The molecule has 0 atom stereocenters. The largest absolute Gasteiger partial charge is 0.483 e. The second-order valence-corrected chi connectivity index (χ2v) is 5.33. The van der Waals surface area contributed by atoms with E-state index < -0.39 is 0 Å². The molecule has 0 saturated carbocycles. The molecule has 0 unspecified atom stereocenters. The van der Waals surface area contributed by atoms with Gasteiger partial charge >= 0.3 is 0 Å². The van der Waals surface area contributed by atoms with Gasteiger partial charge in [0.15, 0.2) is 5.13 Å². The lowest BCUT2D eigenvalue weighted by Crippen LogP contribution is -2.26. The summed E-state index contributed by atoms with van der Waals surface area (Å²) in [5, 5.41) is 16.2. The van der Waals surface area contributed by atoms with Crippen LogP contribution in [0, 0.1) is 0 Å². The molecular formula is C13H15N7O3S. The highest BCUT2D eigenvalue weighted by molar-refractivity contribution is 7.13. The fourth-order valence-electron chi connectivity index (χ4n) is 1.82. The summed E-state index contributed by atoms with van der Waals surface area (Å²) < 4.78 is 1.47. The van der Waals surface area contributed by atoms with Crippen molar-refractivity contribution in [1.29, 1.82) is 0 Å². The summed E-state index contributed by atoms with van der Waals surface area (Å²) in [7, 11) is 0. The smallest absolute Gasteiger partial charge is 0.291 e. The van der Waals surface area contributed by atoms with Crippen LogP contribution >= 0.6 is 11.3 Å². The summed E-state index contributed by atoms with van der Waals surface area (Å²) in [5.41, 5.74) is 6.50. The standard InChI is InChI=1S/C12H13N7OS.CH2O2/c13-11-16-8(7-21-11)3-1-4-14-10(20)9-17-12-15-5-2-6-19(12)18-9;2-1-3/h2,5-7H,1,3-4H2,(H2,13,16)(H,14,20);1H,(H,2,3). The van der Waals surface area contributed by atoms with E-state index in [4.69, 9.17) is 15.6 Å². The summed E-state index contributed by atoms with van der Waals surface area (Å²) in [6.07, 6.45) is 4.85. The highest BCUT2D eigenvalue weighted by Crippen LogP contribution is 2.12. The van der Waals surface area contributed by atoms with E-state index in [1.165, 1.54) is 15.9 Å². The Balaban J connectivity index is 0.000000647. The van der Waals surface area contributed by atoms with Crippen molar-refractivity contribution in [2.24, 2.45) is 0 Å². The van der Waals surface area contributed by atoms with Gasteiger partial charge in [-0.1, -0.05) is 0 Å². The van der Waals surface area contributed by atoms with E-state index in [0.717, 1.165) is 18.5 Å². The number of hydrogen-bond donors (Lipinski definition) is 3. The number of nitrogens with one attached hydrogen (secondary N) is 1. The van der Waals surface area contributed by atoms with Gasteiger partial charge in [0.25, 0.3) is 18.2 Å². The number of carboxylic acid groups (broad SMARTS) is 1. The molecule has 0 aliphatic rings. The Morgan fingerprint density at radius 3 is 2.92 bits per heavy atom. The van der Waals surface area contributed by atoms with Crippen LogP contribution in [0.3, 0.4) is 0 Å². The Labute approximate surface area is 140 Å². The summed E-state index contributed by atoms with van der Waals surface area (Å²) in [6.45, 7) is 0.277. The molecule has 4 N–H and O–H groups in total. The van der Waals surface area contributed by atoms with Crippen molar-refractivity contribution < 1.29 is 14.7 Å². The number of aryl methyl sites for hydroxylation is 1. The van der Waals surface area contributed by atoms with E-state index in [-0.39, 0.29) is 18.2 Å². The molecular weight excluding hydrogens is 334 g/mol. The van der Waals surface area contributed by atoms with E-state index in [0.29, 0.717) is 17.5 Å². The Bertz CT molecular complexity index is 784. The molecule has 1 amide bonds. The first kappa shape index (κ1) is 17.3. The first-order valence-electron chi connectivity index (χ1n) is 6.87. The maximum Gasteiger partial charge on any atom is 0.291 e. The van der Waals surface area contributed by atoms with E-state index in [2.05, 4.69) is 25.4 Å². The predicted molar refractivity (Wildman–Crippen MR) is 86.7 cm³/mol. The van der Waals surface area contributed by atoms with Gasteiger partial charge < -0.3 is 16.2 Å². The Morgan fingerprint density at radius 1 is 1.46 bits per heavy atom. The molecule has 3 aromatic heterocycles. The lowest BCUT2D eigenvalue weighted by Gasteiger charge is -2.00. The second kappa shape index (κ2) is 8.53. The molecule has 126 valence electrons. The highest BCUT2D eigenvalue weighted by atomic mass is 32.1. The molecule has 0 bridgehead atoms. The summed E-state index contributed by atoms with van der Waals surface area (Å²) in [6, 6.07) is 1.73. The molecule has 3 rings (SSSR count). The Morgan fingerprint density at radius 2 is 2.25 bits per heavy atom. The van der Waals surface area contributed by atoms with Crippen LogP contribution in [0.1, 0.15) is 22.7 Å². The normalized spacial score (nSPS) is 10.0. The molecule has 0 fully saturated rings. The van der Waals surface area contributed by atoms with Crippen LogP contribution in [-0.4, -0.2) is 48.6 Å². The Hall–Kier alpha value is -3.08. The number of rotatable bonds is 5. The van der Waals surface area contributed by atoms with E-state index in [9.17, 15) is 4.79 Å². The van der Waals surface area contributed by atoms with Crippen LogP contribution in [0.5, 0.6) is 0 Å². The van der Waals surface area contributed by atoms with Gasteiger partial charge in [-0.25, -0.2) is 14.5 Å². The average Bonchev–Trinajstić information content (AvgIpc) is 3.18. The number of nitrogens with two attached hydrogens (primary N) is 1. The minimum atomic E-state index is -0.307. The van der Waals surface area contributed by atoms with Crippen molar-refractivity contribution in [3.63, 3.8) is 0 Å². The van der Waals surface area contributed by atoms with Crippen molar-refractivity contribution >= 4 is 34.6 Å². The van der Waals surface area contributed by atoms with Gasteiger partial charge in [-0.05, 0) is 18.9 Å². The maximum absolute atomic E-state index is 11.9. The summed E-state index contributed by atoms with van der Waals surface area (Å²) >= 11 is 1.42. The van der Waals surface area contributed by atoms with Gasteiger partial charge in [0.05, 0.1) is 5.69 Å². The number of fused-ring (bicyclic) bond motifs is 1. The maximum atomic E-state index is 11.9. The zero-order chi connectivity index (χ0) is 17.4. The SMILES string of the molecule is Nc1nc(CCCNC(=O)c2nc3ncccn3n2)cs1.O=CO. The minimum Gasteiger partial charge on any atom is -0.483 e. The van der Waals surface area contributed by atoms with Crippen molar-refractivity contribution in [3.05, 3.63) is 35.4 Å². The first-order valence-corrected chi connectivity index (χ1v) is 7.75. The molecule has 24 heavy (non-hydrogen) atoms. The van der Waals surface area contributed by atoms with Crippen LogP contribution in [0.4, 0.5) is 5.13 Å². The number of amides is 1. The van der Waals surface area contributed by atoms with Gasteiger partial charge in [-0.2, -0.15) is 4.98 Å². The molecule has 0 aliphatic carbocycles. The topological polar surface area (TPSA) is 148 Å². The molecule has 10 nitrogen and oxygen atoms in total. The molecule has 3 heterocycles. The lowest BCUT2D eigenvalue weighted by molar-refractivity contribution is -0.122. The molecule has 0 aliphatic heterocycles. The molecule has 3 aromatic rings. The molecule has 11 heteroatoms. The number of nitrogen functional groups attached to an aromatic ring is 1. The monoisotopic (exact) mass is 349 g/mol. The van der Waals surface area contributed by atoms with E-state index >= 15 is 0 Å². The van der Waals surface area contributed by atoms with Crippen LogP contribution in [0.15, 0.2) is 23.8 Å². The van der Waals surface area contributed by atoms with Crippen molar-refractivity contribution in [3.8, 4) is 0 Å². The number of thiazole rings is 1. The van der Waals surface area contributed by atoms with Crippen molar-refractivity contribution in [2.75, 3.05) is 12.3 Å². The molecule has 0 aromatic carbocycles. The van der Waals surface area contributed by atoms with Crippen molar-refractivity contribution in [1.82, 2.24) is 29.9 Å². The number of nitrogens with zero attached hydrogens (tertiary/aromatic N) is 5. The number of carbonyl (C=O) groups excluding carboxylic acids is 1. The third-order valence-corrected chi connectivity index (χ3v) is 3.51. The Kier molecular flexibility index (Phi) is 6.14. The zero-order valence-corrected chi connectivity index (χ0v) is 13.3. The number of hydrogen-bond acceptors (Lipinski definition) is 8. The summed E-state index contributed by atoms with van der Waals surface area (Å²) in [4.78, 5) is 32.5. The van der Waals surface area contributed by atoms with Crippen LogP contribution in [0.2, 0.25) is 0 Å². The van der Waals surface area contributed by atoms with Gasteiger partial charge in [-0.15, -0.1) is 16.4 Å². The highest BCUT2D eigenvalue weighted by Gasteiger charge is 2.12. The van der Waals surface area contributed by atoms with Gasteiger partial charge in [0.1, 0.15) is 0 Å². The first-order chi connectivity index (χ1) is 11.6. The fourth-order valence-corrected chi connectivity index (χ4v) is 2.41. The second-order valence-electron chi connectivity index (χ2n) is 4.44. The van der Waals surface area contributed by atoms with Crippen LogP contribution < -0.4 is 11.1 Å². The van der Waals surface area contributed by atoms with Gasteiger partial charge in [0.2, 0.25) is 5.82 Å². The third kappa shape index (κ3) is 4.71. The number of anilines is 1.